The molecule has 0 aliphatic carbocycles. The molecule has 0 spiro atoms. The topological polar surface area (TPSA) is 63.7 Å². The minimum Gasteiger partial charge on any atom is -0.491 e. The Balaban J connectivity index is 1.28. The maximum Gasteiger partial charge on any atom is 0.411 e. The summed E-state index contributed by atoms with van der Waals surface area (Å²) >= 11 is 1.72. The number of pyridine rings is 1. The number of anilines is 2. The molecule has 3 aromatic rings. The molecular weight excluding hydrogens is 386 g/mol. The Hall–Kier alpha value is -2.80. The van der Waals surface area contributed by atoms with E-state index in [1.54, 1.807) is 11.3 Å². The third-order valence-corrected chi connectivity index (χ3v) is 5.78. The molecule has 1 aliphatic rings. The molecule has 1 saturated heterocycles. The predicted octanol–water partition coefficient (Wildman–Crippen LogP) is 5.30. The lowest BCUT2D eigenvalue weighted by atomic mass is 10.1. The van der Waals surface area contributed by atoms with Crippen LogP contribution >= 0.6 is 11.3 Å². The van der Waals surface area contributed by atoms with Crippen LogP contribution in [0.2, 0.25) is 0 Å². The lowest BCUT2D eigenvalue weighted by Crippen LogP contribution is -2.38. The van der Waals surface area contributed by atoms with Gasteiger partial charge in [-0.15, -0.1) is 11.3 Å². The van der Waals surface area contributed by atoms with Crippen molar-refractivity contribution in [2.24, 2.45) is 0 Å². The molecule has 7 heteroatoms. The number of carbonyl (C=O) groups is 1. The van der Waals surface area contributed by atoms with Crippen molar-refractivity contribution in [3.63, 3.8) is 0 Å². The van der Waals surface area contributed by atoms with Gasteiger partial charge in [-0.2, -0.15) is 0 Å². The second-order valence-corrected chi connectivity index (χ2v) is 8.29. The largest absolute Gasteiger partial charge is 0.491 e. The number of thiophene rings is 1. The summed E-state index contributed by atoms with van der Waals surface area (Å²) in [6.07, 6.45) is 3.11. The van der Waals surface area contributed by atoms with Crippen LogP contribution < -0.4 is 15.0 Å². The molecule has 0 radical (unpaired) electrons. The highest BCUT2D eigenvalue weighted by atomic mass is 32.1. The van der Waals surface area contributed by atoms with Crippen LogP contribution in [0, 0.1) is 0 Å². The Labute approximate surface area is 174 Å². The fourth-order valence-corrected chi connectivity index (χ4v) is 4.40. The highest BCUT2D eigenvalue weighted by Gasteiger charge is 2.24. The highest BCUT2D eigenvalue weighted by Crippen LogP contribution is 2.32. The van der Waals surface area contributed by atoms with Crippen LogP contribution in [-0.4, -0.2) is 36.4 Å². The van der Waals surface area contributed by atoms with Crippen LogP contribution in [0.3, 0.4) is 0 Å². The summed E-state index contributed by atoms with van der Waals surface area (Å²) in [5, 5.41) is 4.87. The van der Waals surface area contributed by atoms with E-state index in [2.05, 4.69) is 26.6 Å². The summed E-state index contributed by atoms with van der Waals surface area (Å²) in [4.78, 5) is 19.0. The van der Waals surface area contributed by atoms with Gasteiger partial charge in [-0.05, 0) is 55.6 Å². The number of aromatic nitrogens is 1. The number of carbonyl (C=O) groups excluding carboxylic acids is 1. The third kappa shape index (κ3) is 4.79. The smallest absolute Gasteiger partial charge is 0.411 e. The summed E-state index contributed by atoms with van der Waals surface area (Å²) in [6.45, 7) is 5.67. The minimum atomic E-state index is -0.412. The average Bonchev–Trinajstić information content (AvgIpc) is 3.19. The van der Waals surface area contributed by atoms with Crippen molar-refractivity contribution in [1.82, 2.24) is 4.98 Å². The molecule has 0 saturated carbocycles. The van der Waals surface area contributed by atoms with Gasteiger partial charge in [-0.25, -0.2) is 4.79 Å². The van der Waals surface area contributed by atoms with Crippen LogP contribution in [0.25, 0.3) is 10.2 Å². The summed E-state index contributed by atoms with van der Waals surface area (Å²) in [5.41, 5.74) is 2.95. The maximum absolute atomic E-state index is 12.3. The fraction of sp³-hybridized carbons (Fsp3) is 0.364. The van der Waals surface area contributed by atoms with Gasteiger partial charge in [-0.3, -0.25) is 10.3 Å². The van der Waals surface area contributed by atoms with Crippen molar-refractivity contribution in [2.45, 2.75) is 38.9 Å². The first kappa shape index (κ1) is 19.5. The van der Waals surface area contributed by atoms with Gasteiger partial charge in [0.15, 0.2) is 0 Å². The Kier molecular flexibility index (Phi) is 5.85. The lowest BCUT2D eigenvalue weighted by Gasteiger charge is -2.33. The van der Waals surface area contributed by atoms with Crippen LogP contribution in [0.5, 0.6) is 5.75 Å². The number of nitrogens with zero attached hydrogens (tertiary/aromatic N) is 2. The molecule has 2 aromatic heterocycles. The number of piperidine rings is 1. The molecule has 1 aromatic carbocycles. The van der Waals surface area contributed by atoms with Gasteiger partial charge in [0.1, 0.15) is 11.9 Å². The SMILES string of the molecule is CC(C)Oc1ccc(NC(=O)OC2CCN(c3ccnc4ccsc34)CC2)cc1. The van der Waals surface area contributed by atoms with Crippen LogP contribution in [0.15, 0.2) is 48.0 Å². The predicted molar refractivity (Wildman–Crippen MR) is 117 cm³/mol. The van der Waals surface area contributed by atoms with E-state index >= 15 is 0 Å². The number of fused-ring (bicyclic) bond motifs is 1. The summed E-state index contributed by atoms with van der Waals surface area (Å²) in [5.74, 6) is 0.780. The molecule has 3 heterocycles. The second-order valence-electron chi connectivity index (χ2n) is 7.37. The number of ether oxygens (including phenoxy) is 2. The van der Waals surface area contributed by atoms with Crippen molar-refractivity contribution >= 4 is 39.0 Å². The zero-order chi connectivity index (χ0) is 20.2. The first-order valence-electron chi connectivity index (χ1n) is 9.90. The van der Waals surface area contributed by atoms with Crippen molar-refractivity contribution in [1.29, 1.82) is 0 Å². The van der Waals surface area contributed by atoms with Crippen molar-refractivity contribution in [3.8, 4) is 5.75 Å². The quantitative estimate of drug-likeness (QED) is 0.617. The third-order valence-electron chi connectivity index (χ3n) is 4.85. The number of hydrogen-bond acceptors (Lipinski definition) is 6. The highest BCUT2D eigenvalue weighted by molar-refractivity contribution is 7.17. The summed E-state index contributed by atoms with van der Waals surface area (Å²) in [6, 6.07) is 11.4. The van der Waals surface area contributed by atoms with E-state index in [4.69, 9.17) is 9.47 Å². The number of benzene rings is 1. The molecule has 152 valence electrons. The normalized spacial score (nSPS) is 14.9. The van der Waals surface area contributed by atoms with Gasteiger partial charge < -0.3 is 14.4 Å². The van der Waals surface area contributed by atoms with E-state index < -0.39 is 6.09 Å². The van der Waals surface area contributed by atoms with Gasteiger partial charge in [0.2, 0.25) is 0 Å². The lowest BCUT2D eigenvalue weighted by molar-refractivity contribution is 0.0951. The number of hydrogen-bond donors (Lipinski definition) is 1. The van der Waals surface area contributed by atoms with Crippen molar-refractivity contribution in [3.05, 3.63) is 48.0 Å². The van der Waals surface area contributed by atoms with E-state index in [0.29, 0.717) is 5.69 Å². The minimum absolute atomic E-state index is 0.0736. The number of nitrogens with one attached hydrogen (secondary N) is 1. The van der Waals surface area contributed by atoms with Crippen molar-refractivity contribution < 1.29 is 14.3 Å². The second kappa shape index (κ2) is 8.69. The van der Waals surface area contributed by atoms with Crippen LogP contribution in [-0.2, 0) is 4.74 Å². The van der Waals surface area contributed by atoms with Gasteiger partial charge in [-0.1, -0.05) is 0 Å². The standard InChI is InChI=1S/C22H25N3O3S/c1-15(2)27-17-5-3-16(4-6-17)24-22(26)28-18-8-12-25(13-9-18)20-7-11-23-19-10-14-29-21(19)20/h3-7,10-11,14-15,18H,8-9,12-13H2,1-2H3,(H,24,26). The zero-order valence-electron chi connectivity index (χ0n) is 16.6. The molecule has 0 bridgehead atoms. The molecule has 1 aliphatic heterocycles. The van der Waals surface area contributed by atoms with E-state index in [-0.39, 0.29) is 12.2 Å². The molecular formula is C22H25N3O3S. The molecule has 0 unspecified atom stereocenters. The van der Waals surface area contributed by atoms with Gasteiger partial charge in [0.25, 0.3) is 0 Å². The summed E-state index contributed by atoms with van der Waals surface area (Å²) < 4.78 is 12.5. The molecule has 6 nitrogen and oxygen atoms in total. The Morgan fingerprint density at radius 2 is 1.93 bits per heavy atom. The Morgan fingerprint density at radius 1 is 1.17 bits per heavy atom. The van der Waals surface area contributed by atoms with Gasteiger partial charge in [0, 0.05) is 37.8 Å². The van der Waals surface area contributed by atoms with E-state index in [9.17, 15) is 4.79 Å². The van der Waals surface area contributed by atoms with E-state index in [1.807, 2.05) is 50.4 Å². The first-order valence-corrected chi connectivity index (χ1v) is 10.8. The maximum atomic E-state index is 12.3. The number of amides is 1. The molecule has 1 amide bonds. The van der Waals surface area contributed by atoms with Gasteiger partial charge in [0.05, 0.1) is 22.0 Å². The summed E-state index contributed by atoms with van der Waals surface area (Å²) in [7, 11) is 0. The van der Waals surface area contributed by atoms with E-state index in [1.165, 1.54) is 10.4 Å². The molecule has 4 rings (SSSR count). The fourth-order valence-electron chi connectivity index (χ4n) is 3.51. The molecule has 0 atom stereocenters. The molecule has 1 N–H and O–H groups in total. The van der Waals surface area contributed by atoms with Crippen molar-refractivity contribution in [2.75, 3.05) is 23.3 Å². The van der Waals surface area contributed by atoms with Gasteiger partial charge >= 0.3 is 6.09 Å². The van der Waals surface area contributed by atoms with Crippen LogP contribution in [0.1, 0.15) is 26.7 Å². The molecule has 29 heavy (non-hydrogen) atoms. The first-order chi connectivity index (χ1) is 14.1. The Morgan fingerprint density at radius 3 is 2.66 bits per heavy atom. The van der Waals surface area contributed by atoms with E-state index in [0.717, 1.165) is 37.2 Å². The average molecular weight is 412 g/mol. The monoisotopic (exact) mass is 411 g/mol. The Bertz CT molecular complexity index is 963. The molecule has 1 fully saturated rings. The van der Waals surface area contributed by atoms with Crippen LogP contribution in [0.4, 0.5) is 16.2 Å². The zero-order valence-corrected chi connectivity index (χ0v) is 17.4. The number of rotatable bonds is 5.